The second-order valence-electron chi connectivity index (χ2n) is 21.6. The third-order valence-electron chi connectivity index (χ3n) is 12.8. The van der Waals surface area contributed by atoms with Gasteiger partial charge in [0.05, 0.1) is 40.3 Å². The molecule has 0 bridgehead atoms. The largest absolute Gasteiger partial charge is 0.545 e. The number of hydrogen-bond donors (Lipinski definition) is 0. The Morgan fingerprint density at radius 2 is 0.667 bits per heavy atom. The maximum absolute atomic E-state index is 12.9. The molecule has 9 heteroatoms. The van der Waals surface area contributed by atoms with Crippen LogP contribution in [-0.2, 0) is 33.3 Å². The van der Waals surface area contributed by atoms with E-state index in [9.17, 15) is 19.5 Å². The lowest BCUT2D eigenvalue weighted by Gasteiger charge is -2.26. The molecule has 0 aliphatic heterocycles. The van der Waals surface area contributed by atoms with Crippen molar-refractivity contribution in [2.24, 2.45) is 0 Å². The van der Waals surface area contributed by atoms with E-state index in [1.54, 1.807) is 0 Å². The Labute approximate surface area is 495 Å². The van der Waals surface area contributed by atoms with Crippen LogP contribution in [0.5, 0.6) is 0 Å². The summed E-state index contributed by atoms with van der Waals surface area (Å²) in [4.78, 5) is 37.4. The lowest BCUT2D eigenvalue weighted by molar-refractivity contribution is -0.870. The molecular weight excluding hydrogens is 1010 g/mol. The van der Waals surface area contributed by atoms with Crippen molar-refractivity contribution < 1.29 is 42.9 Å². The topological polar surface area (TPSA) is 111 Å². The van der Waals surface area contributed by atoms with E-state index in [0.29, 0.717) is 23.9 Å². The summed E-state index contributed by atoms with van der Waals surface area (Å²) in [5.74, 6) is -2.36. The SMILES string of the molecule is CC/C=C\C/C=C\C/C=C\C/C=C\C/C=C\C/C=C\C/C=C\CCCCCCCCCCCCCCCC(=O)OC(COC(=O)CCCC/C=C\C/C=C\C/C=C\C/C=C\C/C=C\C/C=C\CC)COC(OCC[N+](C)(C)C)C(=O)[O-]. The monoisotopic (exact) mass is 1120 g/mol. The number of unbranched alkanes of at least 4 members (excludes halogenated alkanes) is 15. The molecule has 0 N–H and O–H groups in total. The molecule has 0 heterocycles. The molecule has 0 aliphatic rings. The smallest absolute Gasteiger partial charge is 0.306 e. The van der Waals surface area contributed by atoms with Crippen LogP contribution in [0.3, 0.4) is 0 Å². The van der Waals surface area contributed by atoms with Gasteiger partial charge in [-0.25, -0.2) is 0 Å². The summed E-state index contributed by atoms with van der Waals surface area (Å²) in [6.45, 7) is 4.45. The first-order chi connectivity index (χ1) is 39.6. The molecule has 0 saturated heterocycles. The van der Waals surface area contributed by atoms with Gasteiger partial charge in [-0.15, -0.1) is 0 Å². The van der Waals surface area contributed by atoms with E-state index in [1.807, 2.05) is 21.1 Å². The Kier molecular flexibility index (Phi) is 57.2. The van der Waals surface area contributed by atoms with Crippen LogP contribution < -0.4 is 5.11 Å². The zero-order valence-corrected chi connectivity index (χ0v) is 51.8. The normalized spacial score (nSPS) is 13.8. The van der Waals surface area contributed by atoms with Crippen molar-refractivity contribution in [2.45, 2.75) is 232 Å². The second-order valence-corrected chi connectivity index (χ2v) is 21.6. The fourth-order valence-electron chi connectivity index (χ4n) is 7.99. The highest BCUT2D eigenvalue weighted by Gasteiger charge is 2.22. The van der Waals surface area contributed by atoms with Crippen LogP contribution in [0.25, 0.3) is 0 Å². The summed E-state index contributed by atoms with van der Waals surface area (Å²) in [5.41, 5.74) is 0. The van der Waals surface area contributed by atoms with Crippen molar-refractivity contribution >= 4 is 17.9 Å². The van der Waals surface area contributed by atoms with Crippen LogP contribution >= 0.6 is 0 Å². The van der Waals surface area contributed by atoms with Crippen LogP contribution in [0, 0.1) is 0 Å². The molecule has 0 aromatic carbocycles. The molecule has 0 fully saturated rings. The summed E-state index contributed by atoms with van der Waals surface area (Å²) in [7, 11) is 5.90. The first-order valence-electron chi connectivity index (χ1n) is 31.6. The zero-order chi connectivity index (χ0) is 59.1. The molecule has 2 atom stereocenters. The second kappa shape index (κ2) is 61.0. The van der Waals surface area contributed by atoms with Crippen molar-refractivity contribution in [1.82, 2.24) is 0 Å². The van der Waals surface area contributed by atoms with E-state index in [-0.39, 0.29) is 32.7 Å². The average Bonchev–Trinajstić information content (AvgIpc) is 3.44. The van der Waals surface area contributed by atoms with E-state index in [2.05, 4.69) is 172 Å². The number of ether oxygens (including phenoxy) is 4. The van der Waals surface area contributed by atoms with Crippen molar-refractivity contribution in [1.29, 1.82) is 0 Å². The zero-order valence-electron chi connectivity index (χ0n) is 51.8. The van der Waals surface area contributed by atoms with Gasteiger partial charge in [0.15, 0.2) is 12.4 Å². The fourth-order valence-corrected chi connectivity index (χ4v) is 7.99. The van der Waals surface area contributed by atoms with Gasteiger partial charge in [0.25, 0.3) is 0 Å². The molecular formula is C72H115NO8. The maximum atomic E-state index is 12.9. The van der Waals surface area contributed by atoms with E-state index in [1.165, 1.54) is 64.2 Å². The predicted molar refractivity (Wildman–Crippen MR) is 342 cm³/mol. The molecule has 2 unspecified atom stereocenters. The van der Waals surface area contributed by atoms with Gasteiger partial charge in [-0.1, -0.05) is 242 Å². The molecule has 0 amide bonds. The molecule has 0 aromatic heterocycles. The maximum Gasteiger partial charge on any atom is 0.306 e. The molecule has 0 saturated carbocycles. The van der Waals surface area contributed by atoms with Crippen LogP contribution in [0.15, 0.2) is 158 Å². The number of carboxylic acid groups (broad SMARTS) is 1. The fraction of sp³-hybridized carbons (Fsp3) is 0.597. The lowest BCUT2D eigenvalue weighted by atomic mass is 10.0. The molecule has 81 heavy (non-hydrogen) atoms. The van der Waals surface area contributed by atoms with Gasteiger partial charge in [-0.2, -0.15) is 0 Å². The van der Waals surface area contributed by atoms with Crippen LogP contribution in [-0.4, -0.2) is 82.3 Å². The van der Waals surface area contributed by atoms with Gasteiger partial charge in [-0.3, -0.25) is 9.59 Å². The van der Waals surface area contributed by atoms with Gasteiger partial charge in [0, 0.05) is 12.8 Å². The highest BCUT2D eigenvalue weighted by Crippen LogP contribution is 2.15. The number of hydrogen-bond acceptors (Lipinski definition) is 8. The highest BCUT2D eigenvalue weighted by atomic mass is 16.7. The van der Waals surface area contributed by atoms with Crippen molar-refractivity contribution in [3.8, 4) is 0 Å². The number of likely N-dealkylation sites (N-methyl/N-ethyl adjacent to an activating group) is 1. The number of esters is 2. The molecule has 0 aliphatic carbocycles. The quantitative estimate of drug-likeness (QED) is 0.0195. The average molecular weight is 1120 g/mol. The summed E-state index contributed by atoms with van der Waals surface area (Å²) in [6, 6.07) is 0. The number of carbonyl (C=O) groups is 3. The Balaban J connectivity index is 4.24. The Morgan fingerprint density at radius 3 is 1.01 bits per heavy atom. The molecule has 0 spiro atoms. The third-order valence-corrected chi connectivity index (χ3v) is 12.8. The van der Waals surface area contributed by atoms with Gasteiger partial charge >= 0.3 is 11.9 Å². The minimum absolute atomic E-state index is 0.132. The molecule has 456 valence electrons. The van der Waals surface area contributed by atoms with Crippen molar-refractivity contribution in [2.75, 3.05) is 47.5 Å². The summed E-state index contributed by atoms with van der Waals surface area (Å²) < 4.78 is 22.7. The van der Waals surface area contributed by atoms with Gasteiger partial charge in [-0.05, 0) is 122 Å². The van der Waals surface area contributed by atoms with Crippen LogP contribution in [0.2, 0.25) is 0 Å². The van der Waals surface area contributed by atoms with Crippen molar-refractivity contribution in [3.63, 3.8) is 0 Å². The lowest BCUT2D eigenvalue weighted by Crippen LogP contribution is -2.44. The van der Waals surface area contributed by atoms with E-state index < -0.39 is 30.3 Å². The number of carboxylic acids is 1. The molecule has 0 aromatic rings. The van der Waals surface area contributed by atoms with E-state index >= 15 is 0 Å². The molecule has 0 radical (unpaired) electrons. The summed E-state index contributed by atoms with van der Waals surface area (Å²) in [6.07, 6.45) is 87.4. The van der Waals surface area contributed by atoms with Crippen LogP contribution in [0.4, 0.5) is 0 Å². The Morgan fingerprint density at radius 1 is 0.370 bits per heavy atom. The number of quaternary nitrogens is 1. The molecule has 0 rings (SSSR count). The number of allylic oxidation sites excluding steroid dienone is 26. The number of nitrogens with zero attached hydrogens (tertiary/aromatic N) is 1. The summed E-state index contributed by atoms with van der Waals surface area (Å²) >= 11 is 0. The number of rotatable bonds is 56. The summed E-state index contributed by atoms with van der Waals surface area (Å²) in [5, 5.41) is 11.8. The third kappa shape index (κ3) is 62.4. The van der Waals surface area contributed by atoms with Gasteiger partial charge < -0.3 is 33.3 Å². The van der Waals surface area contributed by atoms with Gasteiger partial charge in [0.2, 0.25) is 0 Å². The Bertz CT molecular complexity index is 1880. The predicted octanol–water partition coefficient (Wildman–Crippen LogP) is 18.0. The number of aliphatic carboxylic acids is 1. The standard InChI is InChI=1S/C72H115NO8/c1-6-8-10-12-14-16-18-20-22-24-26-28-29-30-31-32-33-34-35-36-37-38-39-40-41-43-45-47-49-51-53-55-57-59-61-63-70(75)81-68(67-80-72(71(76)77)78-65-64-73(3,4)5)66-79-69(74)62-60-58-56-54-52-50-48-46-44-42-27-25-23-21-19-17-15-13-11-9-7-2/h8-11,14-17,20-23,26-28,30-31,33-34,36-37,42,46,48,52,54,68,72H,6-7,12-13,18-19,24-25,29,32,35,38-41,43-45,47,49-51,53,55-67H2,1-5H3/b10-8-,11-9-,16-14-,17-15-,22-20-,23-21-,28-26-,31-30-,34-33-,37-36-,42-27-,48-46-,54-52-. The van der Waals surface area contributed by atoms with E-state index in [0.717, 1.165) is 116 Å². The Hall–Kier alpha value is -5.09. The van der Waals surface area contributed by atoms with E-state index in [4.69, 9.17) is 18.9 Å². The van der Waals surface area contributed by atoms with Gasteiger partial charge in [0.1, 0.15) is 13.2 Å². The van der Waals surface area contributed by atoms with Crippen LogP contribution in [0.1, 0.15) is 219 Å². The molecule has 9 nitrogen and oxygen atoms in total. The minimum Gasteiger partial charge on any atom is -0.545 e. The highest BCUT2D eigenvalue weighted by molar-refractivity contribution is 5.70. The minimum atomic E-state index is -1.64. The number of carbonyl (C=O) groups excluding carboxylic acids is 3. The first-order valence-corrected chi connectivity index (χ1v) is 31.6. The van der Waals surface area contributed by atoms with Crippen molar-refractivity contribution in [3.05, 3.63) is 158 Å². The first kappa shape index (κ1) is 75.9.